The van der Waals surface area contributed by atoms with E-state index >= 15 is 0 Å². The number of esters is 1. The molecule has 0 saturated heterocycles. The SMILES string of the molecule is CCCc1cc(OC(=O)c2ccc3c(c2)OCO3)n(-c2cccc(C)c2C)n1. The summed E-state index contributed by atoms with van der Waals surface area (Å²) in [7, 11) is 0. The number of ether oxygens (including phenoxy) is 3. The highest BCUT2D eigenvalue weighted by molar-refractivity contribution is 5.91. The van der Waals surface area contributed by atoms with E-state index in [0.717, 1.165) is 35.3 Å². The van der Waals surface area contributed by atoms with E-state index in [1.54, 1.807) is 22.9 Å². The average Bonchev–Trinajstić information content (AvgIpc) is 3.30. The van der Waals surface area contributed by atoms with Crippen LogP contribution in [0.5, 0.6) is 17.4 Å². The van der Waals surface area contributed by atoms with Crippen LogP contribution in [0.15, 0.2) is 42.5 Å². The molecule has 0 spiro atoms. The molecule has 0 bridgehead atoms. The number of fused-ring (bicyclic) bond motifs is 1. The number of nitrogens with zero attached hydrogens (tertiary/aromatic N) is 2. The van der Waals surface area contributed by atoms with Gasteiger partial charge in [0.05, 0.1) is 16.9 Å². The minimum Gasteiger partial charge on any atom is -0.454 e. The minimum atomic E-state index is -0.465. The Hall–Kier alpha value is -3.28. The van der Waals surface area contributed by atoms with Gasteiger partial charge in [-0.05, 0) is 55.7 Å². The molecule has 0 saturated carbocycles. The number of hydrogen-bond donors (Lipinski definition) is 0. The predicted molar refractivity (Wildman–Crippen MR) is 105 cm³/mol. The summed E-state index contributed by atoms with van der Waals surface area (Å²) in [5, 5.41) is 4.67. The Morgan fingerprint density at radius 1 is 1.14 bits per heavy atom. The highest BCUT2D eigenvalue weighted by atomic mass is 16.7. The third-order valence-corrected chi connectivity index (χ3v) is 4.84. The van der Waals surface area contributed by atoms with Crippen molar-refractivity contribution in [3.63, 3.8) is 0 Å². The van der Waals surface area contributed by atoms with Crippen molar-refractivity contribution in [3.8, 4) is 23.1 Å². The zero-order valence-corrected chi connectivity index (χ0v) is 16.2. The second-order valence-electron chi connectivity index (χ2n) is 6.81. The Kier molecular flexibility index (Phi) is 4.77. The molecule has 1 aromatic heterocycles. The molecule has 6 heteroatoms. The molecular formula is C22H22N2O4. The standard InChI is InChI=1S/C22H22N2O4/c1-4-6-17-12-21(24(23-17)18-8-5-7-14(2)15(18)3)28-22(25)16-9-10-19-20(11-16)27-13-26-19/h5,7-12H,4,6,13H2,1-3H3. The van der Waals surface area contributed by atoms with Crippen LogP contribution in [-0.2, 0) is 6.42 Å². The van der Waals surface area contributed by atoms with Gasteiger partial charge in [0.2, 0.25) is 12.7 Å². The van der Waals surface area contributed by atoms with E-state index in [2.05, 4.69) is 12.0 Å². The first-order chi connectivity index (χ1) is 13.6. The number of hydrogen-bond acceptors (Lipinski definition) is 5. The molecule has 144 valence electrons. The maximum absolute atomic E-state index is 12.8. The average molecular weight is 378 g/mol. The van der Waals surface area contributed by atoms with Crippen LogP contribution in [0.25, 0.3) is 5.69 Å². The van der Waals surface area contributed by atoms with E-state index in [4.69, 9.17) is 14.2 Å². The fourth-order valence-electron chi connectivity index (χ4n) is 3.18. The Morgan fingerprint density at radius 3 is 2.79 bits per heavy atom. The second-order valence-corrected chi connectivity index (χ2v) is 6.81. The van der Waals surface area contributed by atoms with Gasteiger partial charge in [0.25, 0.3) is 0 Å². The summed E-state index contributed by atoms with van der Waals surface area (Å²) in [5.74, 6) is 1.11. The maximum atomic E-state index is 12.8. The summed E-state index contributed by atoms with van der Waals surface area (Å²) >= 11 is 0. The number of benzene rings is 2. The molecule has 6 nitrogen and oxygen atoms in total. The van der Waals surface area contributed by atoms with E-state index < -0.39 is 5.97 Å². The number of aryl methyl sites for hydroxylation is 2. The first-order valence-electron chi connectivity index (χ1n) is 9.34. The molecule has 0 N–H and O–H groups in total. The molecule has 0 unspecified atom stereocenters. The molecular weight excluding hydrogens is 356 g/mol. The van der Waals surface area contributed by atoms with Gasteiger partial charge in [0.15, 0.2) is 11.5 Å². The van der Waals surface area contributed by atoms with Crippen LogP contribution in [0.3, 0.4) is 0 Å². The van der Waals surface area contributed by atoms with Gasteiger partial charge in [-0.2, -0.15) is 5.10 Å². The van der Waals surface area contributed by atoms with Gasteiger partial charge in [-0.1, -0.05) is 25.5 Å². The largest absolute Gasteiger partial charge is 0.454 e. The van der Waals surface area contributed by atoms with E-state index in [-0.39, 0.29) is 6.79 Å². The maximum Gasteiger partial charge on any atom is 0.344 e. The monoisotopic (exact) mass is 378 g/mol. The number of carbonyl (C=O) groups is 1. The number of rotatable bonds is 5. The summed E-state index contributed by atoms with van der Waals surface area (Å²) in [6.07, 6.45) is 1.77. The van der Waals surface area contributed by atoms with Gasteiger partial charge in [-0.3, -0.25) is 0 Å². The van der Waals surface area contributed by atoms with Crippen molar-refractivity contribution in [2.75, 3.05) is 6.79 Å². The van der Waals surface area contributed by atoms with Gasteiger partial charge in [-0.15, -0.1) is 0 Å². The van der Waals surface area contributed by atoms with Gasteiger partial charge >= 0.3 is 5.97 Å². The van der Waals surface area contributed by atoms with Gasteiger partial charge in [0, 0.05) is 6.07 Å². The highest BCUT2D eigenvalue weighted by Crippen LogP contribution is 2.33. The van der Waals surface area contributed by atoms with Crippen LogP contribution in [0.2, 0.25) is 0 Å². The molecule has 28 heavy (non-hydrogen) atoms. The molecule has 1 aliphatic heterocycles. The Bertz CT molecular complexity index is 1040. The Labute approximate surface area is 163 Å². The number of carbonyl (C=O) groups excluding carboxylic acids is 1. The fraction of sp³-hybridized carbons (Fsp3) is 0.273. The highest BCUT2D eigenvalue weighted by Gasteiger charge is 2.20. The van der Waals surface area contributed by atoms with Crippen molar-refractivity contribution in [3.05, 3.63) is 64.8 Å². The van der Waals surface area contributed by atoms with Crippen LogP contribution in [0.1, 0.15) is 40.5 Å². The summed E-state index contributed by atoms with van der Waals surface area (Å²) in [4.78, 5) is 12.8. The van der Waals surface area contributed by atoms with E-state index in [1.165, 1.54) is 0 Å². The van der Waals surface area contributed by atoms with Crippen molar-refractivity contribution in [1.29, 1.82) is 0 Å². The molecule has 2 heterocycles. The second kappa shape index (κ2) is 7.38. The molecule has 3 aromatic rings. The summed E-state index contributed by atoms with van der Waals surface area (Å²) in [6, 6.07) is 12.8. The molecule has 2 aromatic carbocycles. The van der Waals surface area contributed by atoms with E-state index in [0.29, 0.717) is 22.9 Å². The summed E-state index contributed by atoms with van der Waals surface area (Å²) < 4.78 is 18.1. The lowest BCUT2D eigenvalue weighted by Crippen LogP contribution is -2.12. The van der Waals surface area contributed by atoms with Crippen molar-refractivity contribution >= 4 is 5.97 Å². The molecule has 0 fully saturated rings. The van der Waals surface area contributed by atoms with Crippen molar-refractivity contribution in [2.24, 2.45) is 0 Å². The van der Waals surface area contributed by atoms with Crippen LogP contribution in [0, 0.1) is 13.8 Å². The lowest BCUT2D eigenvalue weighted by molar-refractivity contribution is 0.0722. The van der Waals surface area contributed by atoms with Crippen LogP contribution in [0.4, 0.5) is 0 Å². The number of aromatic nitrogens is 2. The first-order valence-corrected chi connectivity index (χ1v) is 9.34. The summed E-state index contributed by atoms with van der Waals surface area (Å²) in [6.45, 7) is 6.34. The lowest BCUT2D eigenvalue weighted by Gasteiger charge is -2.12. The molecule has 0 aliphatic carbocycles. The Balaban J connectivity index is 1.68. The van der Waals surface area contributed by atoms with Crippen LogP contribution >= 0.6 is 0 Å². The first kappa shape index (κ1) is 18.1. The quantitative estimate of drug-likeness (QED) is 0.616. The van der Waals surface area contributed by atoms with Gasteiger partial charge in [0.1, 0.15) is 0 Å². The zero-order valence-electron chi connectivity index (χ0n) is 16.2. The molecule has 0 radical (unpaired) electrons. The third kappa shape index (κ3) is 3.33. The third-order valence-electron chi connectivity index (χ3n) is 4.84. The van der Waals surface area contributed by atoms with Gasteiger partial charge in [-0.25, -0.2) is 9.48 Å². The minimum absolute atomic E-state index is 0.160. The summed E-state index contributed by atoms with van der Waals surface area (Å²) in [5.41, 5.74) is 4.43. The predicted octanol–water partition coefficient (Wildman–Crippen LogP) is 4.39. The van der Waals surface area contributed by atoms with E-state index in [9.17, 15) is 4.79 Å². The van der Waals surface area contributed by atoms with Crippen molar-refractivity contribution in [1.82, 2.24) is 9.78 Å². The normalized spacial score (nSPS) is 12.2. The van der Waals surface area contributed by atoms with Crippen molar-refractivity contribution < 1.29 is 19.0 Å². The lowest BCUT2D eigenvalue weighted by atomic mass is 10.1. The van der Waals surface area contributed by atoms with Crippen LogP contribution in [-0.4, -0.2) is 22.5 Å². The Morgan fingerprint density at radius 2 is 1.96 bits per heavy atom. The molecule has 4 rings (SSSR count). The zero-order chi connectivity index (χ0) is 19.7. The van der Waals surface area contributed by atoms with Crippen LogP contribution < -0.4 is 14.2 Å². The van der Waals surface area contributed by atoms with Gasteiger partial charge < -0.3 is 14.2 Å². The molecule has 1 aliphatic rings. The topological polar surface area (TPSA) is 62.6 Å². The smallest absolute Gasteiger partial charge is 0.344 e. The van der Waals surface area contributed by atoms with Crippen molar-refractivity contribution in [2.45, 2.75) is 33.6 Å². The fourth-order valence-corrected chi connectivity index (χ4v) is 3.18. The van der Waals surface area contributed by atoms with E-state index in [1.807, 2.05) is 38.1 Å². The molecule has 0 amide bonds. The molecule has 0 atom stereocenters.